The van der Waals surface area contributed by atoms with Crippen molar-refractivity contribution in [1.29, 1.82) is 0 Å². The summed E-state index contributed by atoms with van der Waals surface area (Å²) < 4.78 is 6.72. The summed E-state index contributed by atoms with van der Waals surface area (Å²) in [6, 6.07) is 53.6. The van der Waals surface area contributed by atoms with E-state index in [1.54, 1.807) is 0 Å². The first-order chi connectivity index (χ1) is 26.2. The van der Waals surface area contributed by atoms with Crippen LogP contribution in [0, 0.1) is 0 Å². The highest BCUT2D eigenvalue weighted by atomic mass is 16.3. The zero-order chi connectivity index (χ0) is 34.9. The minimum Gasteiger partial charge on any atom is -0.455 e. The summed E-state index contributed by atoms with van der Waals surface area (Å²) in [6.45, 7) is 0. The fourth-order valence-corrected chi connectivity index (χ4v) is 8.06. The van der Waals surface area contributed by atoms with Gasteiger partial charge in [-0.1, -0.05) is 127 Å². The average Bonchev–Trinajstić information content (AvgIpc) is 3.62. The molecule has 0 atom stereocenters. The average molecular weight is 678 g/mol. The molecule has 8 aromatic carbocycles. The Morgan fingerprint density at radius 1 is 0.453 bits per heavy atom. The van der Waals surface area contributed by atoms with E-state index >= 15 is 0 Å². The summed E-state index contributed by atoms with van der Waals surface area (Å²) in [7, 11) is 0. The van der Waals surface area contributed by atoms with Gasteiger partial charge in [-0.05, 0) is 98.2 Å². The standard InChI is InChI=1S/C49H31N3O/c1-3-12-34-27-36(22-17-30(34)9-1)40-25-26-42(45-41-15-7-8-16-44(41)53-46(40)45)49-51-47(37-23-18-31-10-2-4-13-35(31)28-37)50-48(52-49)38-24-21-33-20-19-32-11-5-6-14-39(32)43(33)29-38/h2-8,10-29H,1,9H2. The lowest BCUT2D eigenvalue weighted by atomic mass is 9.92. The number of allylic oxidation sites excluding steroid dienone is 1. The van der Waals surface area contributed by atoms with Crippen molar-refractivity contribution >= 4 is 60.3 Å². The third-order valence-corrected chi connectivity index (χ3v) is 10.7. The van der Waals surface area contributed by atoms with Gasteiger partial charge < -0.3 is 4.42 Å². The second kappa shape index (κ2) is 11.8. The van der Waals surface area contributed by atoms with Crippen LogP contribution < -0.4 is 0 Å². The predicted octanol–water partition coefficient (Wildman–Crippen LogP) is 12.9. The molecule has 4 nitrogen and oxygen atoms in total. The smallest absolute Gasteiger partial charge is 0.164 e. The zero-order valence-electron chi connectivity index (χ0n) is 28.8. The first-order valence-electron chi connectivity index (χ1n) is 18.2. The molecule has 53 heavy (non-hydrogen) atoms. The maximum absolute atomic E-state index is 6.72. The molecule has 10 aromatic rings. The molecule has 2 aromatic heterocycles. The van der Waals surface area contributed by atoms with Crippen molar-refractivity contribution in [2.24, 2.45) is 0 Å². The van der Waals surface area contributed by atoms with E-state index in [0.717, 1.165) is 68.0 Å². The third-order valence-electron chi connectivity index (χ3n) is 10.7. The number of para-hydroxylation sites is 1. The van der Waals surface area contributed by atoms with Crippen LogP contribution in [-0.2, 0) is 6.42 Å². The molecule has 0 unspecified atom stereocenters. The number of aromatic nitrogens is 3. The summed E-state index contributed by atoms with van der Waals surface area (Å²) >= 11 is 0. The lowest BCUT2D eigenvalue weighted by Gasteiger charge is -2.14. The first kappa shape index (κ1) is 29.8. The number of benzene rings is 8. The van der Waals surface area contributed by atoms with Crippen molar-refractivity contribution in [3.8, 4) is 45.3 Å². The van der Waals surface area contributed by atoms with Crippen LogP contribution >= 0.6 is 0 Å². The summed E-state index contributed by atoms with van der Waals surface area (Å²) in [5.74, 6) is 1.85. The molecule has 0 radical (unpaired) electrons. The van der Waals surface area contributed by atoms with E-state index in [9.17, 15) is 0 Å². The van der Waals surface area contributed by atoms with Gasteiger partial charge in [0.25, 0.3) is 0 Å². The number of hydrogen-bond acceptors (Lipinski definition) is 4. The molecule has 4 heteroatoms. The number of rotatable bonds is 4. The van der Waals surface area contributed by atoms with Gasteiger partial charge in [-0.2, -0.15) is 0 Å². The number of hydrogen-bond donors (Lipinski definition) is 0. The van der Waals surface area contributed by atoms with Crippen LogP contribution in [0.1, 0.15) is 17.5 Å². The van der Waals surface area contributed by atoms with E-state index in [2.05, 4.69) is 152 Å². The van der Waals surface area contributed by atoms with Gasteiger partial charge in [-0.15, -0.1) is 0 Å². The van der Waals surface area contributed by atoms with E-state index in [4.69, 9.17) is 19.4 Å². The van der Waals surface area contributed by atoms with Crippen LogP contribution in [0.3, 0.4) is 0 Å². The van der Waals surface area contributed by atoms with Crippen molar-refractivity contribution in [3.05, 3.63) is 169 Å². The SMILES string of the molecule is C1=Cc2cc(-c3ccc(-c4nc(-c5ccc6ccccc6c5)nc(-c5ccc6ccc7ccccc7c6c5)n4)c4c3oc3ccccc34)ccc2CC1. The van der Waals surface area contributed by atoms with Gasteiger partial charge in [0.1, 0.15) is 11.2 Å². The summed E-state index contributed by atoms with van der Waals surface area (Å²) in [5.41, 5.74) is 9.27. The van der Waals surface area contributed by atoms with E-state index in [-0.39, 0.29) is 0 Å². The van der Waals surface area contributed by atoms with Crippen LogP contribution in [0.15, 0.2) is 162 Å². The maximum Gasteiger partial charge on any atom is 0.164 e. The molecule has 248 valence electrons. The highest BCUT2D eigenvalue weighted by Crippen LogP contribution is 2.42. The van der Waals surface area contributed by atoms with Crippen LogP contribution in [0.4, 0.5) is 0 Å². The molecule has 0 spiro atoms. The fraction of sp³-hybridized carbons (Fsp3) is 0.0408. The third kappa shape index (κ3) is 4.95. The van der Waals surface area contributed by atoms with Crippen molar-refractivity contribution in [3.63, 3.8) is 0 Å². The second-order valence-electron chi connectivity index (χ2n) is 13.9. The second-order valence-corrected chi connectivity index (χ2v) is 13.9. The van der Waals surface area contributed by atoms with Crippen LogP contribution in [-0.4, -0.2) is 15.0 Å². The quantitative estimate of drug-likeness (QED) is 0.174. The molecule has 0 saturated heterocycles. The lowest BCUT2D eigenvalue weighted by molar-refractivity contribution is 0.670. The summed E-state index contributed by atoms with van der Waals surface area (Å²) in [5, 5.41) is 9.09. The number of aryl methyl sites for hydroxylation is 1. The molecular formula is C49H31N3O. The highest BCUT2D eigenvalue weighted by molar-refractivity contribution is 6.16. The highest BCUT2D eigenvalue weighted by Gasteiger charge is 2.21. The van der Waals surface area contributed by atoms with Gasteiger partial charge in [0, 0.05) is 33.0 Å². The minimum absolute atomic E-state index is 0.604. The molecule has 0 N–H and O–H groups in total. The van der Waals surface area contributed by atoms with Gasteiger partial charge >= 0.3 is 0 Å². The molecule has 1 aliphatic rings. The fourth-order valence-electron chi connectivity index (χ4n) is 8.06. The molecule has 11 rings (SSSR count). The Kier molecular flexibility index (Phi) is 6.65. The number of fused-ring (bicyclic) bond motifs is 8. The van der Waals surface area contributed by atoms with Gasteiger partial charge in [0.2, 0.25) is 0 Å². The molecular weight excluding hydrogens is 647 g/mol. The Labute approximate surface area is 305 Å². The summed E-state index contributed by atoms with van der Waals surface area (Å²) in [6.07, 6.45) is 6.65. The first-order valence-corrected chi connectivity index (χ1v) is 18.2. The topological polar surface area (TPSA) is 51.8 Å². The van der Waals surface area contributed by atoms with Crippen LogP contribution in [0.25, 0.3) is 106 Å². The Morgan fingerprint density at radius 2 is 1.09 bits per heavy atom. The van der Waals surface area contributed by atoms with Crippen molar-refractivity contribution in [2.45, 2.75) is 12.8 Å². The van der Waals surface area contributed by atoms with E-state index in [1.165, 1.54) is 38.1 Å². The predicted molar refractivity (Wildman–Crippen MR) is 219 cm³/mol. The zero-order valence-corrected chi connectivity index (χ0v) is 28.8. The lowest BCUT2D eigenvalue weighted by Crippen LogP contribution is -2.01. The Hall–Kier alpha value is -6.91. The Morgan fingerprint density at radius 3 is 1.96 bits per heavy atom. The van der Waals surface area contributed by atoms with E-state index in [0.29, 0.717) is 17.5 Å². The Bertz CT molecular complexity index is 3130. The van der Waals surface area contributed by atoms with Crippen LogP contribution in [0.5, 0.6) is 0 Å². The molecule has 1 aliphatic carbocycles. The van der Waals surface area contributed by atoms with Gasteiger partial charge in [0.15, 0.2) is 17.5 Å². The van der Waals surface area contributed by atoms with Crippen molar-refractivity contribution < 1.29 is 4.42 Å². The van der Waals surface area contributed by atoms with Gasteiger partial charge in [-0.3, -0.25) is 0 Å². The summed E-state index contributed by atoms with van der Waals surface area (Å²) in [4.78, 5) is 15.7. The molecule has 0 amide bonds. The maximum atomic E-state index is 6.72. The largest absolute Gasteiger partial charge is 0.455 e. The molecule has 2 heterocycles. The molecule has 0 aliphatic heterocycles. The minimum atomic E-state index is 0.604. The van der Waals surface area contributed by atoms with Crippen molar-refractivity contribution in [1.82, 2.24) is 15.0 Å². The van der Waals surface area contributed by atoms with Gasteiger partial charge in [-0.25, -0.2) is 15.0 Å². The van der Waals surface area contributed by atoms with E-state index in [1.807, 2.05) is 12.1 Å². The van der Waals surface area contributed by atoms with E-state index < -0.39 is 0 Å². The number of nitrogens with zero attached hydrogens (tertiary/aromatic N) is 3. The monoisotopic (exact) mass is 677 g/mol. The normalized spacial score (nSPS) is 12.7. The molecule has 0 bridgehead atoms. The van der Waals surface area contributed by atoms with Crippen molar-refractivity contribution in [2.75, 3.05) is 0 Å². The Balaban J connectivity index is 1.17. The van der Waals surface area contributed by atoms with Gasteiger partial charge in [0.05, 0.1) is 0 Å². The molecule has 0 saturated carbocycles. The number of furan rings is 1. The molecule has 0 fully saturated rings. The van der Waals surface area contributed by atoms with Crippen LogP contribution in [0.2, 0.25) is 0 Å².